The molecule has 2 aromatic carbocycles. The third kappa shape index (κ3) is 3.05. The lowest BCUT2D eigenvalue weighted by Crippen LogP contribution is -2.00. The Kier molecular flexibility index (Phi) is 3.87. The van der Waals surface area contributed by atoms with E-state index >= 15 is 0 Å². The van der Waals surface area contributed by atoms with E-state index < -0.39 is 0 Å². The van der Waals surface area contributed by atoms with Crippen LogP contribution < -0.4 is 9.47 Å². The monoisotopic (exact) mass is 280 g/mol. The van der Waals surface area contributed by atoms with Crippen LogP contribution in [0.15, 0.2) is 67.3 Å². The average molecular weight is 280 g/mol. The van der Waals surface area contributed by atoms with E-state index in [-0.39, 0.29) is 0 Å². The maximum absolute atomic E-state index is 5.93. The minimum atomic E-state index is 0.510. The minimum absolute atomic E-state index is 0.510. The topological polar surface area (TPSA) is 36.3 Å². The quantitative estimate of drug-likeness (QED) is 0.718. The van der Waals surface area contributed by atoms with Gasteiger partial charge in [-0.05, 0) is 29.8 Å². The van der Waals surface area contributed by atoms with E-state index in [1.807, 2.05) is 59.3 Å². The van der Waals surface area contributed by atoms with Gasteiger partial charge in [-0.1, -0.05) is 24.3 Å². The smallest absolute Gasteiger partial charge is 0.143 e. The summed E-state index contributed by atoms with van der Waals surface area (Å²) < 4.78 is 13.0. The molecule has 0 saturated heterocycles. The van der Waals surface area contributed by atoms with E-state index in [1.54, 1.807) is 19.6 Å². The molecule has 1 aromatic heterocycles. The van der Waals surface area contributed by atoms with Crippen LogP contribution in [0.5, 0.6) is 11.5 Å². The third-order valence-electron chi connectivity index (χ3n) is 3.20. The van der Waals surface area contributed by atoms with Gasteiger partial charge in [0, 0.05) is 12.4 Å². The minimum Gasteiger partial charge on any atom is -0.497 e. The summed E-state index contributed by atoms with van der Waals surface area (Å²) in [6.07, 6.45) is 5.41. The number of nitrogens with zero attached hydrogens (tertiary/aromatic N) is 2. The Morgan fingerprint density at radius 1 is 1.05 bits per heavy atom. The molecule has 106 valence electrons. The van der Waals surface area contributed by atoms with Gasteiger partial charge in [-0.15, -0.1) is 0 Å². The Balaban J connectivity index is 1.76. The molecule has 0 atom stereocenters. The zero-order chi connectivity index (χ0) is 14.5. The number of para-hydroxylation sites is 2. The van der Waals surface area contributed by atoms with Crippen molar-refractivity contribution in [3.05, 3.63) is 72.8 Å². The highest BCUT2D eigenvalue weighted by Gasteiger charge is 2.05. The van der Waals surface area contributed by atoms with Crippen molar-refractivity contribution in [1.82, 2.24) is 9.55 Å². The Hall–Kier alpha value is -2.75. The van der Waals surface area contributed by atoms with Crippen molar-refractivity contribution in [3.63, 3.8) is 0 Å². The summed E-state index contributed by atoms with van der Waals surface area (Å²) in [6, 6.07) is 15.8. The van der Waals surface area contributed by atoms with Crippen LogP contribution in [0.1, 0.15) is 5.56 Å². The summed E-state index contributed by atoms with van der Waals surface area (Å²) in [5, 5.41) is 0. The highest BCUT2D eigenvalue weighted by atomic mass is 16.5. The van der Waals surface area contributed by atoms with E-state index in [2.05, 4.69) is 4.98 Å². The summed E-state index contributed by atoms with van der Waals surface area (Å²) in [5.74, 6) is 1.67. The molecule has 0 saturated carbocycles. The number of benzene rings is 2. The number of imidazole rings is 1. The van der Waals surface area contributed by atoms with Crippen molar-refractivity contribution in [2.45, 2.75) is 6.61 Å². The lowest BCUT2D eigenvalue weighted by Gasteiger charge is -2.12. The van der Waals surface area contributed by atoms with E-state index in [0.29, 0.717) is 6.61 Å². The lowest BCUT2D eigenvalue weighted by molar-refractivity contribution is 0.305. The van der Waals surface area contributed by atoms with Gasteiger partial charge in [0.05, 0.1) is 19.1 Å². The summed E-state index contributed by atoms with van der Waals surface area (Å²) in [4.78, 5) is 4.07. The van der Waals surface area contributed by atoms with Crippen LogP contribution in [0, 0.1) is 0 Å². The number of methoxy groups -OCH3 is 1. The van der Waals surface area contributed by atoms with Crippen LogP contribution in [-0.4, -0.2) is 16.7 Å². The van der Waals surface area contributed by atoms with Crippen molar-refractivity contribution in [3.8, 4) is 17.2 Å². The van der Waals surface area contributed by atoms with Crippen molar-refractivity contribution >= 4 is 0 Å². The average Bonchev–Trinajstić information content (AvgIpc) is 3.08. The van der Waals surface area contributed by atoms with E-state index in [1.165, 1.54) is 0 Å². The van der Waals surface area contributed by atoms with Crippen LogP contribution in [0.3, 0.4) is 0 Å². The van der Waals surface area contributed by atoms with Crippen LogP contribution >= 0.6 is 0 Å². The maximum atomic E-state index is 5.93. The largest absolute Gasteiger partial charge is 0.497 e. The van der Waals surface area contributed by atoms with Gasteiger partial charge < -0.3 is 14.0 Å². The second kappa shape index (κ2) is 6.13. The molecule has 0 aliphatic heterocycles. The van der Waals surface area contributed by atoms with E-state index in [4.69, 9.17) is 9.47 Å². The van der Waals surface area contributed by atoms with Gasteiger partial charge in [-0.25, -0.2) is 4.98 Å². The SMILES string of the molecule is COc1ccc(COc2ccccc2-n2ccnc2)cc1. The molecular weight excluding hydrogens is 264 g/mol. The molecule has 0 bridgehead atoms. The third-order valence-corrected chi connectivity index (χ3v) is 3.20. The lowest BCUT2D eigenvalue weighted by atomic mass is 10.2. The Labute approximate surface area is 123 Å². The fourth-order valence-electron chi connectivity index (χ4n) is 2.08. The zero-order valence-corrected chi connectivity index (χ0v) is 11.8. The van der Waals surface area contributed by atoms with Crippen molar-refractivity contribution in [2.24, 2.45) is 0 Å². The highest BCUT2D eigenvalue weighted by Crippen LogP contribution is 2.23. The molecule has 1 heterocycles. The molecule has 0 fully saturated rings. The van der Waals surface area contributed by atoms with Crippen LogP contribution in [0.2, 0.25) is 0 Å². The van der Waals surface area contributed by atoms with E-state index in [9.17, 15) is 0 Å². The summed E-state index contributed by atoms with van der Waals surface area (Å²) in [7, 11) is 1.66. The predicted molar refractivity (Wildman–Crippen MR) is 80.9 cm³/mol. The second-order valence-electron chi connectivity index (χ2n) is 4.57. The van der Waals surface area contributed by atoms with Crippen LogP contribution in [0.4, 0.5) is 0 Å². The van der Waals surface area contributed by atoms with Gasteiger partial charge in [-0.2, -0.15) is 0 Å². The normalized spacial score (nSPS) is 10.3. The zero-order valence-electron chi connectivity index (χ0n) is 11.8. The Morgan fingerprint density at radius 2 is 1.86 bits per heavy atom. The first kappa shape index (κ1) is 13.2. The first-order valence-corrected chi connectivity index (χ1v) is 6.70. The molecule has 4 heteroatoms. The van der Waals surface area contributed by atoms with Crippen molar-refractivity contribution in [2.75, 3.05) is 7.11 Å². The van der Waals surface area contributed by atoms with Gasteiger partial charge in [0.1, 0.15) is 18.1 Å². The summed E-state index contributed by atoms with van der Waals surface area (Å²) >= 11 is 0. The molecule has 21 heavy (non-hydrogen) atoms. The van der Waals surface area contributed by atoms with Crippen molar-refractivity contribution in [1.29, 1.82) is 0 Å². The Bertz CT molecular complexity index is 691. The molecular formula is C17H16N2O2. The Morgan fingerprint density at radius 3 is 2.57 bits per heavy atom. The van der Waals surface area contributed by atoms with Crippen LogP contribution in [0.25, 0.3) is 5.69 Å². The molecule has 0 unspecified atom stereocenters. The van der Waals surface area contributed by atoms with Gasteiger partial charge in [0.15, 0.2) is 0 Å². The maximum Gasteiger partial charge on any atom is 0.143 e. The van der Waals surface area contributed by atoms with Crippen molar-refractivity contribution < 1.29 is 9.47 Å². The fraction of sp³-hybridized carbons (Fsp3) is 0.118. The number of hydrogen-bond donors (Lipinski definition) is 0. The highest BCUT2D eigenvalue weighted by molar-refractivity contribution is 5.46. The summed E-state index contributed by atoms with van der Waals surface area (Å²) in [6.45, 7) is 0.510. The van der Waals surface area contributed by atoms with Gasteiger partial charge in [0.2, 0.25) is 0 Å². The fourth-order valence-corrected chi connectivity index (χ4v) is 2.08. The summed E-state index contributed by atoms with van der Waals surface area (Å²) in [5.41, 5.74) is 2.07. The molecule has 0 aliphatic rings. The molecule has 4 nitrogen and oxygen atoms in total. The second-order valence-corrected chi connectivity index (χ2v) is 4.57. The first-order valence-electron chi connectivity index (χ1n) is 6.70. The molecule has 0 spiro atoms. The molecule has 3 aromatic rings. The number of rotatable bonds is 5. The van der Waals surface area contributed by atoms with Gasteiger partial charge in [-0.3, -0.25) is 0 Å². The number of aromatic nitrogens is 2. The standard InChI is InChI=1S/C17H16N2O2/c1-20-15-8-6-14(7-9-15)12-21-17-5-3-2-4-16(17)19-11-10-18-13-19/h2-11,13H,12H2,1H3. The van der Waals surface area contributed by atoms with Gasteiger partial charge in [0.25, 0.3) is 0 Å². The molecule has 0 aliphatic carbocycles. The number of ether oxygens (including phenoxy) is 2. The molecule has 0 radical (unpaired) electrons. The van der Waals surface area contributed by atoms with E-state index in [0.717, 1.165) is 22.7 Å². The van der Waals surface area contributed by atoms with Gasteiger partial charge >= 0.3 is 0 Å². The van der Waals surface area contributed by atoms with Crippen LogP contribution in [-0.2, 0) is 6.61 Å². The predicted octanol–water partition coefficient (Wildman–Crippen LogP) is 3.46. The molecule has 0 amide bonds. The molecule has 0 N–H and O–H groups in total. The molecule has 3 rings (SSSR count). The number of hydrogen-bond acceptors (Lipinski definition) is 3. The first-order chi connectivity index (χ1) is 10.4.